The van der Waals surface area contributed by atoms with Crippen molar-refractivity contribution in [2.24, 2.45) is 29.1 Å². The second kappa shape index (κ2) is 5.16. The average molecular weight is 264 g/mol. The van der Waals surface area contributed by atoms with Gasteiger partial charge in [0.15, 0.2) is 11.3 Å². The van der Waals surface area contributed by atoms with Gasteiger partial charge in [0.2, 0.25) is 0 Å². The second-order valence-corrected chi connectivity index (χ2v) is 5.42. The molecule has 0 saturated heterocycles. The molecular weight excluding hydrogens is 252 g/mol. The number of fused-ring (bicyclic) bond motifs is 2. The van der Waals surface area contributed by atoms with E-state index in [1.807, 2.05) is 6.08 Å². The minimum atomic E-state index is -1.86. The summed E-state index contributed by atoms with van der Waals surface area (Å²) in [4.78, 5) is 12.3. The molecule has 5 heteroatoms. The fourth-order valence-corrected chi connectivity index (χ4v) is 3.14. The van der Waals surface area contributed by atoms with Crippen molar-refractivity contribution in [2.45, 2.75) is 19.3 Å². The van der Waals surface area contributed by atoms with Crippen molar-refractivity contribution in [3.63, 3.8) is 0 Å². The van der Waals surface area contributed by atoms with E-state index in [-0.39, 0.29) is 24.0 Å². The third-order valence-corrected chi connectivity index (χ3v) is 4.30. The maximum absolute atomic E-state index is 12.3. The highest BCUT2D eigenvalue weighted by atomic mass is 16.1. The van der Waals surface area contributed by atoms with Crippen LogP contribution in [0.3, 0.4) is 0 Å². The first-order valence-corrected chi connectivity index (χ1v) is 6.43. The fraction of sp³-hybridized carbons (Fsp3) is 0.533. The molecule has 2 rings (SSSR count). The Balaban J connectivity index is 2.19. The molecule has 98 valence electrons. The predicted octanol–water partition coefficient (Wildman–Crippen LogP) is 1.85. The average Bonchev–Trinajstić information content (AvgIpc) is 3.09. The molecule has 0 aliphatic heterocycles. The summed E-state index contributed by atoms with van der Waals surface area (Å²) in [5.74, 6) is -1.17. The Morgan fingerprint density at radius 3 is 2.20 bits per heavy atom. The number of ketones is 1. The van der Waals surface area contributed by atoms with Crippen LogP contribution in [0.4, 0.5) is 0 Å². The Morgan fingerprint density at radius 2 is 1.80 bits per heavy atom. The molecule has 2 aliphatic rings. The van der Waals surface area contributed by atoms with Gasteiger partial charge in [-0.05, 0) is 24.7 Å². The van der Waals surface area contributed by atoms with Gasteiger partial charge in [-0.15, -0.1) is 0 Å². The third-order valence-electron chi connectivity index (χ3n) is 4.30. The molecule has 1 saturated carbocycles. The standard InChI is InChI=1S/C15H12N4O/c16-6-12(7-17)15(8-18,9-19)5-14(20)13-4-10-1-2-11(13)3-10/h1-2,10-13H,3-5H2/t10-,11-,13-/m1/s1. The molecule has 0 amide bonds. The minimum absolute atomic E-state index is 0.177. The molecule has 0 N–H and O–H groups in total. The van der Waals surface area contributed by atoms with E-state index in [0.717, 1.165) is 12.8 Å². The first-order chi connectivity index (χ1) is 9.60. The van der Waals surface area contributed by atoms with Crippen LogP contribution in [0.25, 0.3) is 0 Å². The molecular formula is C15H12N4O. The van der Waals surface area contributed by atoms with E-state index in [0.29, 0.717) is 5.92 Å². The molecule has 0 radical (unpaired) electrons. The summed E-state index contributed by atoms with van der Waals surface area (Å²) >= 11 is 0. The van der Waals surface area contributed by atoms with Gasteiger partial charge in [0.25, 0.3) is 0 Å². The summed E-state index contributed by atoms with van der Waals surface area (Å²) in [6, 6.07) is 6.75. The number of allylic oxidation sites excluding steroid dienone is 2. The summed E-state index contributed by atoms with van der Waals surface area (Å²) in [6.45, 7) is 0. The monoisotopic (exact) mass is 264 g/mol. The first kappa shape index (κ1) is 13.8. The van der Waals surface area contributed by atoms with Gasteiger partial charge in [-0.3, -0.25) is 4.79 Å². The highest BCUT2D eigenvalue weighted by Crippen LogP contribution is 2.45. The van der Waals surface area contributed by atoms with Crippen LogP contribution in [0.5, 0.6) is 0 Å². The normalized spacial score (nSPS) is 26.6. The Kier molecular flexibility index (Phi) is 3.56. The maximum atomic E-state index is 12.3. The molecule has 0 aromatic heterocycles. The fourth-order valence-electron chi connectivity index (χ4n) is 3.14. The van der Waals surface area contributed by atoms with E-state index in [1.165, 1.54) is 0 Å². The summed E-state index contributed by atoms with van der Waals surface area (Å²) in [5, 5.41) is 36.2. The number of hydrogen-bond acceptors (Lipinski definition) is 5. The maximum Gasteiger partial charge on any atom is 0.179 e. The molecule has 0 spiro atoms. The number of carbonyl (C=O) groups excluding carboxylic acids is 1. The lowest BCUT2D eigenvalue weighted by Crippen LogP contribution is -2.32. The van der Waals surface area contributed by atoms with E-state index in [1.54, 1.807) is 24.3 Å². The lowest BCUT2D eigenvalue weighted by atomic mass is 9.72. The molecule has 0 unspecified atom stereocenters. The van der Waals surface area contributed by atoms with Crippen molar-refractivity contribution in [2.75, 3.05) is 0 Å². The zero-order chi connectivity index (χ0) is 14.8. The van der Waals surface area contributed by atoms with Crippen LogP contribution in [-0.4, -0.2) is 5.78 Å². The molecule has 0 aromatic rings. The van der Waals surface area contributed by atoms with Crippen LogP contribution in [0, 0.1) is 74.4 Å². The van der Waals surface area contributed by atoms with E-state index >= 15 is 0 Å². The first-order valence-electron chi connectivity index (χ1n) is 6.43. The molecule has 5 nitrogen and oxygen atoms in total. The third kappa shape index (κ3) is 2.05. The van der Waals surface area contributed by atoms with Gasteiger partial charge in [-0.25, -0.2) is 0 Å². The van der Waals surface area contributed by atoms with Gasteiger partial charge >= 0.3 is 0 Å². The van der Waals surface area contributed by atoms with Crippen LogP contribution >= 0.6 is 0 Å². The van der Waals surface area contributed by atoms with Gasteiger partial charge in [0.05, 0.1) is 24.3 Å². The van der Waals surface area contributed by atoms with E-state index < -0.39 is 11.3 Å². The molecule has 20 heavy (non-hydrogen) atoms. The van der Waals surface area contributed by atoms with Crippen LogP contribution < -0.4 is 0 Å². The quantitative estimate of drug-likeness (QED) is 0.719. The molecule has 1 fully saturated rings. The van der Waals surface area contributed by atoms with Crippen molar-refractivity contribution in [3.05, 3.63) is 12.2 Å². The molecule has 2 aliphatic carbocycles. The molecule has 3 atom stereocenters. The van der Waals surface area contributed by atoms with Crippen molar-refractivity contribution in [1.82, 2.24) is 0 Å². The summed E-state index contributed by atoms with van der Waals surface area (Å²) in [7, 11) is 0. The molecule has 0 aromatic carbocycles. The minimum Gasteiger partial charge on any atom is -0.299 e. The highest BCUT2D eigenvalue weighted by molar-refractivity contribution is 5.84. The molecule has 0 heterocycles. The molecule has 2 bridgehead atoms. The summed E-state index contributed by atoms with van der Waals surface area (Å²) in [5.41, 5.74) is -1.86. The van der Waals surface area contributed by atoms with Crippen LogP contribution in [0.2, 0.25) is 0 Å². The smallest absolute Gasteiger partial charge is 0.179 e. The van der Waals surface area contributed by atoms with Crippen LogP contribution in [0.15, 0.2) is 12.2 Å². The number of nitrogens with zero attached hydrogens (tertiary/aromatic N) is 4. The van der Waals surface area contributed by atoms with Gasteiger partial charge in [0, 0.05) is 12.3 Å². The largest absolute Gasteiger partial charge is 0.299 e. The number of rotatable bonds is 4. The van der Waals surface area contributed by atoms with Crippen molar-refractivity contribution < 1.29 is 4.79 Å². The highest BCUT2D eigenvalue weighted by Gasteiger charge is 2.47. The van der Waals surface area contributed by atoms with Gasteiger partial charge in [-0.2, -0.15) is 21.0 Å². The Hall–Kier alpha value is -2.63. The zero-order valence-electron chi connectivity index (χ0n) is 10.8. The predicted molar refractivity (Wildman–Crippen MR) is 66.8 cm³/mol. The number of hydrogen-bond donors (Lipinski definition) is 0. The van der Waals surface area contributed by atoms with Crippen LogP contribution in [0.1, 0.15) is 19.3 Å². The number of Topliss-reactive ketones (excluding diaryl/α,β-unsaturated/α-hetero) is 1. The lowest BCUT2D eigenvalue weighted by Gasteiger charge is -2.22. The topological polar surface area (TPSA) is 112 Å². The van der Waals surface area contributed by atoms with E-state index in [2.05, 4.69) is 6.08 Å². The lowest BCUT2D eigenvalue weighted by molar-refractivity contribution is -0.124. The number of carbonyl (C=O) groups is 1. The van der Waals surface area contributed by atoms with Crippen molar-refractivity contribution in [3.8, 4) is 24.3 Å². The van der Waals surface area contributed by atoms with Crippen molar-refractivity contribution in [1.29, 1.82) is 21.0 Å². The Labute approximate surface area is 117 Å². The van der Waals surface area contributed by atoms with Crippen molar-refractivity contribution >= 4 is 5.78 Å². The van der Waals surface area contributed by atoms with E-state index in [9.17, 15) is 15.3 Å². The zero-order valence-corrected chi connectivity index (χ0v) is 10.8. The summed E-state index contributed by atoms with van der Waals surface area (Å²) in [6.07, 6.45) is 5.47. The number of nitriles is 4. The van der Waals surface area contributed by atoms with Gasteiger partial charge in [-0.1, -0.05) is 12.2 Å². The summed E-state index contributed by atoms with van der Waals surface area (Å²) < 4.78 is 0. The Morgan fingerprint density at radius 1 is 1.15 bits per heavy atom. The van der Waals surface area contributed by atoms with Gasteiger partial charge in [0.1, 0.15) is 5.78 Å². The Bertz CT molecular complexity index is 594. The van der Waals surface area contributed by atoms with E-state index in [4.69, 9.17) is 10.5 Å². The van der Waals surface area contributed by atoms with Gasteiger partial charge < -0.3 is 0 Å². The SMILES string of the molecule is N#CC(C#N)C(C#N)(C#N)CC(=O)[C@@H]1C[C@@H]2C=C[C@@H]1C2. The second-order valence-electron chi connectivity index (χ2n) is 5.42. The van der Waals surface area contributed by atoms with Crippen LogP contribution in [-0.2, 0) is 4.79 Å².